The van der Waals surface area contributed by atoms with Crippen LogP contribution in [0.4, 0.5) is 8.78 Å². The quantitative estimate of drug-likeness (QED) is 0.197. The first kappa shape index (κ1) is 28.0. The minimum Gasteiger partial charge on any atom is -0.326 e. The van der Waals surface area contributed by atoms with Gasteiger partial charge >= 0.3 is 0 Å². The van der Waals surface area contributed by atoms with Crippen molar-refractivity contribution in [2.75, 3.05) is 0 Å². The van der Waals surface area contributed by atoms with E-state index in [0.717, 1.165) is 27.4 Å². The second-order valence-corrected chi connectivity index (χ2v) is 11.0. The van der Waals surface area contributed by atoms with E-state index in [1.165, 1.54) is 24.3 Å². The van der Waals surface area contributed by atoms with E-state index in [1.807, 2.05) is 89.6 Å². The fraction of sp³-hybridized carbons (Fsp3) is 0.0571. The Morgan fingerprint density at radius 1 is 0.634 bits per heavy atom. The van der Waals surface area contributed by atoms with Gasteiger partial charge in [0.1, 0.15) is 21.2 Å². The van der Waals surface area contributed by atoms with E-state index < -0.39 is 5.16 Å². The topological polar surface area (TPSA) is 17.8 Å². The van der Waals surface area contributed by atoms with Gasteiger partial charge in [-0.2, -0.15) is 0 Å². The Hall–Kier alpha value is -4.55. The van der Waals surface area contributed by atoms with Crippen molar-refractivity contribution in [3.8, 4) is 0 Å². The first-order valence-corrected chi connectivity index (χ1v) is 14.3. The minimum absolute atomic E-state index is 0.0163. The molecule has 41 heavy (non-hydrogen) atoms. The van der Waals surface area contributed by atoms with Gasteiger partial charge in [0.25, 0.3) is 0 Å². The van der Waals surface area contributed by atoms with Gasteiger partial charge in [-0.05, 0) is 52.3 Å². The molecule has 1 aromatic heterocycles. The molecule has 0 saturated heterocycles. The number of aromatic nitrogens is 2. The lowest BCUT2D eigenvalue weighted by atomic mass is 9.76. The number of imidazole rings is 1. The molecule has 2 nitrogen and oxygen atoms in total. The molecule has 198 valence electrons. The van der Waals surface area contributed by atoms with E-state index in [1.54, 1.807) is 24.7 Å². The number of halogens is 2. The van der Waals surface area contributed by atoms with Crippen LogP contribution in [0.25, 0.3) is 0 Å². The maximum atomic E-state index is 14.2. The number of hydrogen-bond acceptors (Lipinski definition) is 1. The zero-order valence-corrected chi connectivity index (χ0v) is 23.3. The summed E-state index contributed by atoms with van der Waals surface area (Å²) in [5, 5.41) is 0.280. The molecule has 0 fully saturated rings. The summed E-state index contributed by atoms with van der Waals surface area (Å²) in [5.41, 5.74) is 3.79. The van der Waals surface area contributed by atoms with Crippen LogP contribution in [0.1, 0.15) is 28.1 Å². The lowest BCUT2D eigenvalue weighted by molar-refractivity contribution is 0.570. The molecular formula is C35H27BF2N2Si. The van der Waals surface area contributed by atoms with Crippen LogP contribution >= 0.6 is 0 Å². The van der Waals surface area contributed by atoms with E-state index in [2.05, 4.69) is 29.2 Å². The molecule has 0 amide bonds. The van der Waals surface area contributed by atoms with Gasteiger partial charge in [0.2, 0.25) is 0 Å². The molecule has 0 atom stereocenters. The Kier molecular flexibility index (Phi) is 9.02. The minimum atomic E-state index is -0.804. The molecule has 6 heteroatoms. The SMILES string of the molecule is Fc1cccc(C([Si]c2ccccc2)(c2cccc(F)c2)n2ccnc2)c1.[B]C(c1ccccc1)c1ccccc1. The lowest BCUT2D eigenvalue weighted by Gasteiger charge is -2.36. The monoisotopic (exact) mass is 552 g/mol. The van der Waals surface area contributed by atoms with E-state index >= 15 is 0 Å². The Morgan fingerprint density at radius 2 is 1.12 bits per heavy atom. The smallest absolute Gasteiger partial charge is 0.127 e. The molecule has 0 aliphatic carbocycles. The molecule has 0 saturated carbocycles. The molecular weight excluding hydrogens is 525 g/mol. The molecule has 4 radical (unpaired) electrons. The normalized spacial score (nSPS) is 11.1. The van der Waals surface area contributed by atoms with Crippen molar-refractivity contribution >= 4 is 22.6 Å². The molecule has 6 aromatic rings. The van der Waals surface area contributed by atoms with Crippen LogP contribution in [0.3, 0.4) is 0 Å². The molecule has 0 spiro atoms. The molecule has 1 heterocycles. The Bertz CT molecular complexity index is 1560. The first-order chi connectivity index (χ1) is 20.1. The van der Waals surface area contributed by atoms with E-state index in [9.17, 15) is 8.78 Å². The number of benzene rings is 5. The van der Waals surface area contributed by atoms with Gasteiger partial charge in [-0.15, -0.1) is 0 Å². The summed E-state index contributed by atoms with van der Waals surface area (Å²) >= 11 is 0. The number of nitrogens with zero attached hydrogens (tertiary/aromatic N) is 2. The average Bonchev–Trinajstić information content (AvgIpc) is 3.57. The molecule has 0 unspecified atom stereocenters. The maximum absolute atomic E-state index is 14.2. The third kappa shape index (κ3) is 6.61. The van der Waals surface area contributed by atoms with Crippen LogP contribution in [0.2, 0.25) is 0 Å². The predicted molar refractivity (Wildman–Crippen MR) is 164 cm³/mol. The fourth-order valence-corrected chi connectivity index (χ4v) is 6.44. The summed E-state index contributed by atoms with van der Waals surface area (Å²) in [5.74, 6) is -0.671. The van der Waals surface area contributed by atoms with Crippen molar-refractivity contribution in [2.45, 2.75) is 11.0 Å². The lowest BCUT2D eigenvalue weighted by Crippen LogP contribution is -2.46. The van der Waals surface area contributed by atoms with Gasteiger partial charge in [0.05, 0.1) is 19.3 Å². The zero-order valence-electron chi connectivity index (χ0n) is 22.3. The highest BCUT2D eigenvalue weighted by molar-refractivity contribution is 6.57. The predicted octanol–water partition coefficient (Wildman–Crippen LogP) is 6.88. The summed E-state index contributed by atoms with van der Waals surface area (Å²) in [7, 11) is 6.31. The molecule has 0 N–H and O–H groups in total. The summed E-state index contributed by atoms with van der Waals surface area (Å²) in [6.45, 7) is 0. The van der Waals surface area contributed by atoms with Crippen molar-refractivity contribution in [3.05, 3.63) is 192 Å². The molecule has 0 aliphatic heterocycles. The van der Waals surface area contributed by atoms with Crippen LogP contribution in [0.15, 0.2) is 158 Å². The van der Waals surface area contributed by atoms with Crippen LogP contribution in [0, 0.1) is 11.6 Å². The van der Waals surface area contributed by atoms with Crippen molar-refractivity contribution in [3.63, 3.8) is 0 Å². The standard InChI is InChI=1S/C22H16F2N2Si.C13H11B/c23-19-8-4-6-17(14-19)22(26-13-12-25-16-26,18-7-5-9-20(24)15-18)27-21-10-2-1-3-11-21;14-13(11-7-3-1-4-8-11)12-9-5-2-6-10-12/h1-16H;1-10,13H. The summed E-state index contributed by atoms with van der Waals surface area (Å²) in [4.78, 5) is 4.21. The summed E-state index contributed by atoms with van der Waals surface area (Å²) < 4.78 is 30.3. The number of rotatable bonds is 7. The molecule has 5 aromatic carbocycles. The van der Waals surface area contributed by atoms with Crippen molar-refractivity contribution in [2.24, 2.45) is 0 Å². The van der Waals surface area contributed by atoms with E-state index in [-0.39, 0.29) is 27.0 Å². The molecule has 0 bridgehead atoms. The van der Waals surface area contributed by atoms with Crippen LogP contribution in [-0.2, 0) is 5.16 Å². The third-order valence-electron chi connectivity index (χ3n) is 6.79. The van der Waals surface area contributed by atoms with Crippen LogP contribution in [0.5, 0.6) is 0 Å². The van der Waals surface area contributed by atoms with E-state index in [0.29, 0.717) is 0 Å². The van der Waals surface area contributed by atoms with Crippen LogP contribution < -0.4 is 5.19 Å². The van der Waals surface area contributed by atoms with Gasteiger partial charge in [0, 0.05) is 12.4 Å². The second kappa shape index (κ2) is 13.2. The van der Waals surface area contributed by atoms with E-state index in [4.69, 9.17) is 7.85 Å². The highest BCUT2D eigenvalue weighted by Crippen LogP contribution is 2.34. The summed E-state index contributed by atoms with van der Waals surface area (Å²) in [6, 6.07) is 43.2. The zero-order chi connectivity index (χ0) is 28.5. The summed E-state index contributed by atoms with van der Waals surface area (Å²) in [6.07, 6.45) is 5.22. The van der Waals surface area contributed by atoms with Crippen molar-refractivity contribution < 1.29 is 8.78 Å². The van der Waals surface area contributed by atoms with Gasteiger partial charge in [-0.25, -0.2) is 13.8 Å². The average molecular weight is 553 g/mol. The number of hydrogen-bond donors (Lipinski definition) is 0. The van der Waals surface area contributed by atoms with Crippen molar-refractivity contribution in [1.82, 2.24) is 9.55 Å². The second-order valence-electron chi connectivity index (χ2n) is 9.49. The molecule has 0 aliphatic rings. The van der Waals surface area contributed by atoms with Gasteiger partial charge in [-0.3, -0.25) is 0 Å². The van der Waals surface area contributed by atoms with Gasteiger partial charge < -0.3 is 4.57 Å². The third-order valence-corrected chi connectivity index (χ3v) is 8.61. The van der Waals surface area contributed by atoms with Gasteiger partial charge in [-0.1, -0.05) is 120 Å². The Labute approximate surface area is 243 Å². The van der Waals surface area contributed by atoms with Crippen molar-refractivity contribution in [1.29, 1.82) is 0 Å². The van der Waals surface area contributed by atoms with Crippen LogP contribution in [-0.4, -0.2) is 26.9 Å². The molecule has 6 rings (SSSR count). The maximum Gasteiger partial charge on any atom is 0.127 e. The Balaban J connectivity index is 0.000000202. The first-order valence-electron chi connectivity index (χ1n) is 13.3. The fourth-order valence-electron chi connectivity index (χ4n) is 4.80. The largest absolute Gasteiger partial charge is 0.326 e. The highest BCUT2D eigenvalue weighted by Gasteiger charge is 2.37. The Morgan fingerprint density at radius 3 is 1.56 bits per heavy atom. The van der Waals surface area contributed by atoms with Gasteiger partial charge in [0.15, 0.2) is 0 Å². The highest BCUT2D eigenvalue weighted by atomic mass is 28.2.